The van der Waals surface area contributed by atoms with E-state index in [1.54, 1.807) is 11.7 Å². The summed E-state index contributed by atoms with van der Waals surface area (Å²) in [5.41, 5.74) is 4.89. The number of nitrogens with zero attached hydrogens (tertiary/aromatic N) is 2. The third-order valence-electron chi connectivity index (χ3n) is 5.27. The average molecular weight is 440 g/mol. The fourth-order valence-electron chi connectivity index (χ4n) is 3.69. The Kier molecular flexibility index (Phi) is 5.52. The van der Waals surface area contributed by atoms with Crippen molar-refractivity contribution >= 4 is 22.8 Å². The van der Waals surface area contributed by atoms with Crippen LogP contribution in [0.25, 0.3) is 27.8 Å². The number of H-pyrrole nitrogens is 1. The quantitative estimate of drug-likeness (QED) is 0.273. The van der Waals surface area contributed by atoms with Gasteiger partial charge in [-0.1, -0.05) is 72.4 Å². The molecular formula is C26H21N3O2S. The third kappa shape index (κ3) is 3.81. The second-order valence-corrected chi connectivity index (χ2v) is 8.25. The fourth-order valence-corrected chi connectivity index (χ4v) is 4.64. The highest BCUT2D eigenvalue weighted by atomic mass is 32.2. The molecule has 0 saturated carbocycles. The summed E-state index contributed by atoms with van der Waals surface area (Å²) in [6.07, 6.45) is 1.86. The largest absolute Gasteiger partial charge is 0.497 e. The van der Waals surface area contributed by atoms with Crippen molar-refractivity contribution in [1.82, 2.24) is 14.5 Å². The van der Waals surface area contributed by atoms with E-state index < -0.39 is 0 Å². The van der Waals surface area contributed by atoms with Gasteiger partial charge < -0.3 is 9.72 Å². The SMILES string of the molecule is COc1cccc(CSc2nc3c(-c4ccccc4)c[nH]c3c(=O)n2-c2ccccc2)c1. The van der Waals surface area contributed by atoms with Crippen LogP contribution in [0.1, 0.15) is 5.56 Å². The molecule has 0 aliphatic heterocycles. The van der Waals surface area contributed by atoms with Crippen LogP contribution in [0, 0.1) is 0 Å². The standard InChI is InChI=1S/C26H21N3O2S/c1-31-21-14-8-9-18(15-21)17-32-26-28-23-22(19-10-4-2-5-11-19)16-27-24(23)25(30)29(26)20-12-6-3-7-13-20/h2-16,27H,17H2,1H3. The Bertz CT molecular complexity index is 1430. The molecule has 0 saturated heterocycles. The summed E-state index contributed by atoms with van der Waals surface area (Å²) in [6.45, 7) is 0. The van der Waals surface area contributed by atoms with Crippen LogP contribution in [0.5, 0.6) is 5.75 Å². The first-order valence-electron chi connectivity index (χ1n) is 10.3. The van der Waals surface area contributed by atoms with Gasteiger partial charge in [0.05, 0.1) is 12.8 Å². The van der Waals surface area contributed by atoms with E-state index in [4.69, 9.17) is 9.72 Å². The minimum absolute atomic E-state index is 0.114. The summed E-state index contributed by atoms with van der Waals surface area (Å²) in [4.78, 5) is 21.7. The molecule has 5 nitrogen and oxygen atoms in total. The summed E-state index contributed by atoms with van der Waals surface area (Å²) >= 11 is 1.53. The number of aromatic amines is 1. The van der Waals surface area contributed by atoms with Gasteiger partial charge in [0.15, 0.2) is 5.16 Å². The van der Waals surface area contributed by atoms with Crippen LogP contribution in [-0.4, -0.2) is 21.6 Å². The van der Waals surface area contributed by atoms with E-state index in [1.165, 1.54) is 11.8 Å². The molecular weight excluding hydrogens is 418 g/mol. The monoisotopic (exact) mass is 439 g/mol. The van der Waals surface area contributed by atoms with Crippen LogP contribution in [0.4, 0.5) is 0 Å². The number of hydrogen-bond acceptors (Lipinski definition) is 4. The van der Waals surface area contributed by atoms with E-state index in [0.29, 0.717) is 21.9 Å². The number of para-hydroxylation sites is 1. The van der Waals surface area contributed by atoms with Gasteiger partial charge in [0.25, 0.3) is 5.56 Å². The van der Waals surface area contributed by atoms with Gasteiger partial charge in [0, 0.05) is 17.5 Å². The fraction of sp³-hybridized carbons (Fsp3) is 0.0769. The number of nitrogens with one attached hydrogen (secondary N) is 1. The van der Waals surface area contributed by atoms with E-state index in [1.807, 2.05) is 91.1 Å². The molecule has 0 spiro atoms. The highest BCUT2D eigenvalue weighted by Gasteiger charge is 2.18. The third-order valence-corrected chi connectivity index (χ3v) is 6.28. The van der Waals surface area contributed by atoms with Gasteiger partial charge >= 0.3 is 0 Å². The maximum absolute atomic E-state index is 13.6. The molecule has 5 aromatic rings. The number of hydrogen-bond donors (Lipinski definition) is 1. The summed E-state index contributed by atoms with van der Waals surface area (Å²) in [6, 6.07) is 27.6. The van der Waals surface area contributed by atoms with E-state index >= 15 is 0 Å². The Morgan fingerprint density at radius 2 is 1.72 bits per heavy atom. The summed E-state index contributed by atoms with van der Waals surface area (Å²) in [5.74, 6) is 1.47. The molecule has 0 aliphatic carbocycles. The van der Waals surface area contributed by atoms with Crippen molar-refractivity contribution in [3.63, 3.8) is 0 Å². The summed E-state index contributed by atoms with van der Waals surface area (Å²) in [7, 11) is 1.66. The molecule has 0 fully saturated rings. The van der Waals surface area contributed by atoms with Gasteiger partial charge in [0.2, 0.25) is 0 Å². The lowest BCUT2D eigenvalue weighted by Crippen LogP contribution is -2.21. The van der Waals surface area contributed by atoms with Crippen LogP contribution in [0.2, 0.25) is 0 Å². The lowest BCUT2D eigenvalue weighted by Gasteiger charge is -2.13. The molecule has 6 heteroatoms. The zero-order valence-electron chi connectivity index (χ0n) is 17.5. The van der Waals surface area contributed by atoms with Crippen molar-refractivity contribution in [2.24, 2.45) is 0 Å². The Hall–Kier alpha value is -3.77. The van der Waals surface area contributed by atoms with E-state index in [0.717, 1.165) is 28.1 Å². The number of rotatable bonds is 6. The van der Waals surface area contributed by atoms with Crippen molar-refractivity contribution < 1.29 is 4.74 Å². The number of thioether (sulfide) groups is 1. The molecule has 158 valence electrons. The smallest absolute Gasteiger partial charge is 0.283 e. The van der Waals surface area contributed by atoms with Gasteiger partial charge in [-0.05, 0) is 35.4 Å². The highest BCUT2D eigenvalue weighted by molar-refractivity contribution is 7.98. The normalized spacial score (nSPS) is 11.0. The molecule has 1 N–H and O–H groups in total. The topological polar surface area (TPSA) is 59.9 Å². The van der Waals surface area contributed by atoms with Crippen LogP contribution in [0.3, 0.4) is 0 Å². The summed E-state index contributed by atoms with van der Waals surface area (Å²) in [5, 5.41) is 0.647. The van der Waals surface area contributed by atoms with E-state index in [9.17, 15) is 4.79 Å². The van der Waals surface area contributed by atoms with Crippen LogP contribution >= 0.6 is 11.8 Å². The maximum atomic E-state index is 13.6. The Balaban J connectivity index is 1.65. The lowest BCUT2D eigenvalue weighted by molar-refractivity contribution is 0.414. The van der Waals surface area contributed by atoms with Crippen LogP contribution in [-0.2, 0) is 5.75 Å². The molecule has 0 radical (unpaired) electrons. The first kappa shape index (κ1) is 20.2. The predicted octanol–water partition coefficient (Wildman–Crippen LogP) is 5.68. The molecule has 2 heterocycles. The van der Waals surface area contributed by atoms with Crippen molar-refractivity contribution in [2.75, 3.05) is 7.11 Å². The van der Waals surface area contributed by atoms with Gasteiger partial charge in [0.1, 0.15) is 16.8 Å². The highest BCUT2D eigenvalue weighted by Crippen LogP contribution is 2.30. The first-order chi connectivity index (χ1) is 15.7. The molecule has 0 bridgehead atoms. The number of benzene rings is 3. The minimum atomic E-state index is -0.114. The molecule has 0 unspecified atom stereocenters. The van der Waals surface area contributed by atoms with E-state index in [2.05, 4.69) is 4.98 Å². The van der Waals surface area contributed by atoms with Gasteiger partial charge in [-0.15, -0.1) is 0 Å². The van der Waals surface area contributed by atoms with E-state index in [-0.39, 0.29) is 5.56 Å². The molecule has 0 atom stereocenters. The minimum Gasteiger partial charge on any atom is -0.497 e. The maximum Gasteiger partial charge on any atom is 0.283 e. The van der Waals surface area contributed by atoms with Crippen molar-refractivity contribution in [3.05, 3.63) is 107 Å². The Morgan fingerprint density at radius 1 is 0.969 bits per heavy atom. The van der Waals surface area contributed by atoms with Gasteiger partial charge in [-0.25, -0.2) is 4.98 Å². The van der Waals surface area contributed by atoms with Crippen molar-refractivity contribution in [3.8, 4) is 22.6 Å². The van der Waals surface area contributed by atoms with Crippen LogP contribution < -0.4 is 10.3 Å². The number of aromatic nitrogens is 3. The van der Waals surface area contributed by atoms with Crippen LogP contribution in [0.15, 0.2) is 101 Å². The molecule has 32 heavy (non-hydrogen) atoms. The Morgan fingerprint density at radius 3 is 2.47 bits per heavy atom. The zero-order chi connectivity index (χ0) is 21.9. The van der Waals surface area contributed by atoms with Crippen molar-refractivity contribution in [1.29, 1.82) is 0 Å². The number of ether oxygens (including phenoxy) is 1. The second-order valence-electron chi connectivity index (χ2n) is 7.30. The van der Waals surface area contributed by atoms with Crippen molar-refractivity contribution in [2.45, 2.75) is 10.9 Å². The van der Waals surface area contributed by atoms with Gasteiger partial charge in [-0.2, -0.15) is 0 Å². The Labute approximate surface area is 189 Å². The zero-order valence-corrected chi connectivity index (χ0v) is 18.3. The predicted molar refractivity (Wildman–Crippen MR) is 130 cm³/mol. The molecule has 0 amide bonds. The molecule has 3 aromatic carbocycles. The second kappa shape index (κ2) is 8.77. The molecule has 2 aromatic heterocycles. The first-order valence-corrected chi connectivity index (χ1v) is 11.2. The summed E-state index contributed by atoms with van der Waals surface area (Å²) < 4.78 is 7.03. The van der Waals surface area contributed by atoms with Gasteiger partial charge in [-0.3, -0.25) is 9.36 Å². The molecule has 5 rings (SSSR count). The molecule has 0 aliphatic rings. The number of fused-ring (bicyclic) bond motifs is 1. The lowest BCUT2D eigenvalue weighted by atomic mass is 10.1. The number of methoxy groups -OCH3 is 1. The average Bonchev–Trinajstić information content (AvgIpc) is 3.28.